The van der Waals surface area contributed by atoms with Crippen molar-refractivity contribution in [1.82, 2.24) is 0 Å². The zero-order valence-corrected chi connectivity index (χ0v) is 10.0. The summed E-state index contributed by atoms with van der Waals surface area (Å²) >= 11 is 0. The van der Waals surface area contributed by atoms with Crippen LogP contribution >= 0.6 is 0 Å². The Balaban J connectivity index is 1.61. The molecule has 0 heteroatoms. The highest BCUT2D eigenvalue weighted by Crippen LogP contribution is 2.12. The van der Waals surface area contributed by atoms with Gasteiger partial charge in [-0.1, -0.05) is 67.1 Å². The van der Waals surface area contributed by atoms with Gasteiger partial charge < -0.3 is 0 Å². The normalized spacial score (nSPS) is 10.4. The number of unbranched alkanes of at least 4 members (excludes halogenated alkanes) is 2. The van der Waals surface area contributed by atoms with Gasteiger partial charge in [-0.2, -0.15) is 0 Å². The van der Waals surface area contributed by atoms with Crippen LogP contribution in [0, 0.1) is 12.8 Å². The van der Waals surface area contributed by atoms with Crippen LogP contribution in [-0.2, 0) is 0 Å². The standard InChI is InChI=1S/C17H18/c1-4-10-16(11-5-1)14-8-3-9-15-17-12-6-2-7-13-17/h1-2,4-7,10-15H,3,8-9H2. The summed E-state index contributed by atoms with van der Waals surface area (Å²) in [6, 6.07) is 21.1. The smallest absolute Gasteiger partial charge is 0.00931 e. The molecule has 0 aliphatic carbocycles. The summed E-state index contributed by atoms with van der Waals surface area (Å²) in [6.45, 7) is 0. The second-order valence-electron chi connectivity index (χ2n) is 4.16. The van der Waals surface area contributed by atoms with Crippen molar-refractivity contribution in [2.24, 2.45) is 0 Å². The molecule has 86 valence electrons. The number of hydrogen-bond acceptors (Lipinski definition) is 0. The Morgan fingerprint density at radius 2 is 1.00 bits per heavy atom. The van der Waals surface area contributed by atoms with Gasteiger partial charge in [0.05, 0.1) is 0 Å². The average molecular weight is 222 g/mol. The fraction of sp³-hybridized carbons (Fsp3) is 0.176. The molecule has 0 amide bonds. The molecule has 2 rings (SSSR count). The topological polar surface area (TPSA) is 0 Å². The molecule has 0 saturated carbocycles. The first-order valence-electron chi connectivity index (χ1n) is 6.22. The lowest BCUT2D eigenvalue weighted by Crippen LogP contribution is -1.84. The molecule has 0 heterocycles. The molecule has 0 aliphatic heterocycles. The van der Waals surface area contributed by atoms with E-state index >= 15 is 0 Å². The number of hydrogen-bond donors (Lipinski definition) is 0. The molecule has 0 aliphatic rings. The summed E-state index contributed by atoms with van der Waals surface area (Å²) in [4.78, 5) is 0. The molecule has 0 aromatic heterocycles. The third-order valence-corrected chi connectivity index (χ3v) is 2.77. The van der Waals surface area contributed by atoms with E-state index in [-0.39, 0.29) is 0 Å². The summed E-state index contributed by atoms with van der Waals surface area (Å²) < 4.78 is 0. The van der Waals surface area contributed by atoms with E-state index in [4.69, 9.17) is 0 Å². The molecule has 2 radical (unpaired) electrons. The molecule has 0 atom stereocenters. The summed E-state index contributed by atoms with van der Waals surface area (Å²) in [7, 11) is 0. The third kappa shape index (κ3) is 4.44. The van der Waals surface area contributed by atoms with Gasteiger partial charge in [0.2, 0.25) is 0 Å². The minimum Gasteiger partial charge on any atom is -0.0622 e. The van der Waals surface area contributed by atoms with E-state index in [1.807, 2.05) is 0 Å². The molecule has 0 unspecified atom stereocenters. The van der Waals surface area contributed by atoms with E-state index in [1.165, 1.54) is 17.5 Å². The van der Waals surface area contributed by atoms with Crippen LogP contribution in [0.25, 0.3) is 0 Å². The van der Waals surface area contributed by atoms with Crippen LogP contribution in [0.1, 0.15) is 30.4 Å². The molecular weight excluding hydrogens is 204 g/mol. The van der Waals surface area contributed by atoms with Crippen LogP contribution < -0.4 is 0 Å². The molecule has 0 nitrogen and oxygen atoms in total. The van der Waals surface area contributed by atoms with Crippen molar-refractivity contribution in [1.29, 1.82) is 0 Å². The van der Waals surface area contributed by atoms with Gasteiger partial charge in [0.1, 0.15) is 0 Å². The maximum absolute atomic E-state index is 2.30. The van der Waals surface area contributed by atoms with Gasteiger partial charge >= 0.3 is 0 Å². The molecule has 0 N–H and O–H groups in total. The van der Waals surface area contributed by atoms with E-state index in [9.17, 15) is 0 Å². The first-order valence-corrected chi connectivity index (χ1v) is 6.22. The summed E-state index contributed by atoms with van der Waals surface area (Å²) in [5.41, 5.74) is 2.65. The molecular formula is C17H18. The molecule has 2 aromatic carbocycles. The molecule has 0 saturated heterocycles. The van der Waals surface area contributed by atoms with Gasteiger partial charge in [-0.3, -0.25) is 0 Å². The summed E-state index contributed by atoms with van der Waals surface area (Å²) in [6.07, 6.45) is 8.11. The van der Waals surface area contributed by atoms with Crippen molar-refractivity contribution in [2.45, 2.75) is 19.3 Å². The van der Waals surface area contributed by atoms with Gasteiger partial charge in [0.25, 0.3) is 0 Å². The summed E-state index contributed by atoms with van der Waals surface area (Å²) in [5, 5.41) is 0. The molecule has 0 spiro atoms. The van der Waals surface area contributed by atoms with E-state index in [2.05, 4.69) is 73.5 Å². The SMILES string of the molecule is [CH](CCC[CH]c1ccccc1)c1ccccc1. The van der Waals surface area contributed by atoms with Crippen molar-refractivity contribution in [3.8, 4) is 0 Å². The van der Waals surface area contributed by atoms with Gasteiger partial charge in [-0.15, -0.1) is 0 Å². The lowest BCUT2D eigenvalue weighted by Gasteiger charge is -2.02. The maximum Gasteiger partial charge on any atom is -0.00931 e. The highest BCUT2D eigenvalue weighted by Gasteiger charge is 1.95. The van der Waals surface area contributed by atoms with Gasteiger partial charge in [-0.05, 0) is 36.8 Å². The van der Waals surface area contributed by atoms with Crippen LogP contribution in [-0.4, -0.2) is 0 Å². The van der Waals surface area contributed by atoms with Crippen molar-refractivity contribution in [3.63, 3.8) is 0 Å². The highest BCUT2D eigenvalue weighted by molar-refractivity contribution is 5.23. The van der Waals surface area contributed by atoms with E-state index < -0.39 is 0 Å². The van der Waals surface area contributed by atoms with Crippen molar-refractivity contribution >= 4 is 0 Å². The third-order valence-electron chi connectivity index (χ3n) is 2.77. The van der Waals surface area contributed by atoms with Gasteiger partial charge in [-0.25, -0.2) is 0 Å². The van der Waals surface area contributed by atoms with E-state index in [0.717, 1.165) is 12.8 Å². The Bertz CT molecular complexity index is 361. The fourth-order valence-corrected chi connectivity index (χ4v) is 1.83. The van der Waals surface area contributed by atoms with Crippen molar-refractivity contribution in [2.75, 3.05) is 0 Å². The van der Waals surface area contributed by atoms with Crippen molar-refractivity contribution < 1.29 is 0 Å². The zero-order chi connectivity index (χ0) is 11.8. The van der Waals surface area contributed by atoms with Gasteiger partial charge in [0.15, 0.2) is 0 Å². The Morgan fingerprint density at radius 1 is 0.588 bits per heavy atom. The average Bonchev–Trinajstić information content (AvgIpc) is 2.41. The van der Waals surface area contributed by atoms with Crippen molar-refractivity contribution in [3.05, 3.63) is 84.6 Å². The van der Waals surface area contributed by atoms with E-state index in [1.54, 1.807) is 0 Å². The summed E-state index contributed by atoms with van der Waals surface area (Å²) in [5.74, 6) is 0. The van der Waals surface area contributed by atoms with Gasteiger partial charge in [0, 0.05) is 0 Å². The lowest BCUT2D eigenvalue weighted by atomic mass is 10.0. The largest absolute Gasteiger partial charge is 0.0622 e. The van der Waals surface area contributed by atoms with E-state index in [0.29, 0.717) is 0 Å². The highest BCUT2D eigenvalue weighted by atomic mass is 14.0. The Labute approximate surface area is 104 Å². The predicted molar refractivity (Wildman–Crippen MR) is 73.5 cm³/mol. The molecule has 2 aromatic rings. The minimum atomic E-state index is 1.15. The second kappa shape index (κ2) is 6.90. The predicted octanol–water partition coefficient (Wildman–Crippen LogP) is 4.66. The quantitative estimate of drug-likeness (QED) is 0.623. The van der Waals surface area contributed by atoms with Crippen LogP contribution in [0.5, 0.6) is 0 Å². The second-order valence-corrected chi connectivity index (χ2v) is 4.16. The Hall–Kier alpha value is -1.56. The minimum absolute atomic E-state index is 1.15. The zero-order valence-electron chi connectivity index (χ0n) is 10.0. The molecule has 0 fully saturated rings. The number of rotatable bonds is 6. The fourth-order valence-electron chi connectivity index (χ4n) is 1.83. The van der Waals surface area contributed by atoms with Crippen LogP contribution in [0.2, 0.25) is 0 Å². The van der Waals surface area contributed by atoms with Crippen LogP contribution in [0.4, 0.5) is 0 Å². The maximum atomic E-state index is 2.30. The van der Waals surface area contributed by atoms with Crippen LogP contribution in [0.3, 0.4) is 0 Å². The molecule has 0 bridgehead atoms. The monoisotopic (exact) mass is 222 g/mol. The number of benzene rings is 2. The molecule has 17 heavy (non-hydrogen) atoms. The lowest BCUT2D eigenvalue weighted by molar-refractivity contribution is 0.811. The Kier molecular flexibility index (Phi) is 4.84. The first-order chi connectivity index (χ1) is 8.45. The Morgan fingerprint density at radius 3 is 1.41 bits per heavy atom. The van der Waals surface area contributed by atoms with Crippen LogP contribution in [0.15, 0.2) is 60.7 Å². The first kappa shape index (κ1) is 11.9.